The van der Waals surface area contributed by atoms with E-state index in [-0.39, 0.29) is 0 Å². The van der Waals surface area contributed by atoms with E-state index in [1.165, 1.54) is 40.8 Å². The summed E-state index contributed by atoms with van der Waals surface area (Å²) in [5, 5.41) is 0. The fourth-order valence-corrected chi connectivity index (χ4v) is 5.26. The molecule has 2 nitrogen and oxygen atoms in total. The molecule has 2 heterocycles. The van der Waals surface area contributed by atoms with E-state index < -0.39 is 0 Å². The lowest BCUT2D eigenvalue weighted by Gasteiger charge is -2.33. The van der Waals surface area contributed by atoms with Gasteiger partial charge in [0.15, 0.2) is 0 Å². The molecule has 0 unspecified atom stereocenters. The van der Waals surface area contributed by atoms with Crippen LogP contribution in [-0.2, 0) is 13.0 Å². The molecule has 1 aliphatic heterocycles. The minimum Gasteiger partial charge on any atom is -0.299 e. The highest BCUT2D eigenvalue weighted by molar-refractivity contribution is 5.33. The summed E-state index contributed by atoms with van der Waals surface area (Å²) in [6.45, 7) is 9.40. The minimum absolute atomic E-state index is 0.385. The molecule has 0 amide bonds. The molecule has 0 radical (unpaired) electrons. The number of pyridine rings is 1. The van der Waals surface area contributed by atoms with E-state index in [1.807, 2.05) is 6.20 Å². The lowest BCUT2D eigenvalue weighted by atomic mass is 9.86. The van der Waals surface area contributed by atoms with Gasteiger partial charge >= 0.3 is 0 Å². The number of hydrogen-bond acceptors (Lipinski definition) is 2. The molecule has 170 valence electrons. The van der Waals surface area contributed by atoms with Crippen molar-refractivity contribution in [3.8, 4) is 0 Å². The van der Waals surface area contributed by atoms with Crippen LogP contribution < -0.4 is 0 Å². The monoisotopic (exact) mass is 436 g/mol. The van der Waals surface area contributed by atoms with Crippen LogP contribution in [0.5, 0.6) is 0 Å². The van der Waals surface area contributed by atoms with E-state index in [0.717, 1.165) is 38.9 Å². The number of nitrogens with zero attached hydrogens (tertiary/aromatic N) is 2. The van der Waals surface area contributed by atoms with Gasteiger partial charge in [0, 0.05) is 24.4 Å². The Labute approximate surface area is 199 Å². The highest BCUT2D eigenvalue weighted by atomic mass is 15.1. The van der Waals surface area contributed by atoms with E-state index in [0.29, 0.717) is 11.8 Å². The van der Waals surface area contributed by atoms with Crippen molar-refractivity contribution in [1.82, 2.24) is 9.88 Å². The van der Waals surface area contributed by atoms with Gasteiger partial charge in [-0.3, -0.25) is 9.88 Å². The molecule has 0 spiro atoms. The predicted octanol–water partition coefficient (Wildman–Crippen LogP) is 7.18. The number of benzene rings is 2. The van der Waals surface area contributed by atoms with Crippen molar-refractivity contribution in [2.45, 2.75) is 51.5 Å². The van der Waals surface area contributed by atoms with E-state index in [9.17, 15) is 0 Å². The molecule has 2 heteroatoms. The SMILES string of the molecule is C=C=C(CC)C1CCN(Cc2cccnc2CCC(c2ccccc2)c2ccccc2)CC1. The van der Waals surface area contributed by atoms with E-state index in [4.69, 9.17) is 4.98 Å². The van der Waals surface area contributed by atoms with E-state index in [2.05, 4.69) is 96.9 Å². The zero-order valence-corrected chi connectivity index (χ0v) is 19.9. The predicted molar refractivity (Wildman–Crippen MR) is 138 cm³/mol. The fraction of sp³-hybridized carbons (Fsp3) is 0.355. The largest absolute Gasteiger partial charge is 0.299 e. The van der Waals surface area contributed by atoms with Gasteiger partial charge in [-0.25, -0.2) is 0 Å². The standard InChI is InChI=1S/C31H36N2/c1-3-25(4-2)26-19-22-33(23-20-26)24-29-16-11-21-32-31(29)18-17-30(27-12-7-5-8-13-27)28-14-9-6-10-15-28/h5-16,21,26,30H,1,4,17-20,22-24H2,2H3. The summed E-state index contributed by atoms with van der Waals surface area (Å²) in [7, 11) is 0. The van der Waals surface area contributed by atoms with Crippen LogP contribution in [0, 0.1) is 5.92 Å². The van der Waals surface area contributed by atoms with Crippen LogP contribution in [0.15, 0.2) is 96.9 Å². The summed E-state index contributed by atoms with van der Waals surface area (Å²) >= 11 is 0. The van der Waals surface area contributed by atoms with Crippen LogP contribution in [0.1, 0.15) is 60.9 Å². The van der Waals surface area contributed by atoms with Crippen molar-refractivity contribution in [2.24, 2.45) is 5.92 Å². The maximum atomic E-state index is 4.82. The van der Waals surface area contributed by atoms with Crippen LogP contribution in [0.25, 0.3) is 0 Å². The van der Waals surface area contributed by atoms with E-state index in [1.54, 1.807) is 0 Å². The smallest absolute Gasteiger partial charge is 0.0448 e. The topological polar surface area (TPSA) is 16.1 Å². The lowest BCUT2D eigenvalue weighted by Crippen LogP contribution is -2.34. The number of aromatic nitrogens is 1. The molecule has 3 aromatic rings. The first-order chi connectivity index (χ1) is 16.3. The van der Waals surface area contributed by atoms with Gasteiger partial charge < -0.3 is 0 Å². The zero-order valence-electron chi connectivity index (χ0n) is 19.9. The first-order valence-corrected chi connectivity index (χ1v) is 12.4. The Balaban J connectivity index is 1.44. The number of rotatable bonds is 9. The second kappa shape index (κ2) is 11.8. The average molecular weight is 437 g/mol. The molecule has 4 rings (SSSR count). The highest BCUT2D eigenvalue weighted by Gasteiger charge is 2.22. The molecule has 1 fully saturated rings. The molecule has 0 saturated carbocycles. The number of piperidine rings is 1. The zero-order chi connectivity index (χ0) is 22.9. The van der Waals surface area contributed by atoms with Gasteiger partial charge in [-0.1, -0.05) is 80.2 Å². The Kier molecular flexibility index (Phi) is 8.30. The number of allylic oxidation sites excluding steroid dienone is 1. The van der Waals surface area contributed by atoms with Crippen LogP contribution >= 0.6 is 0 Å². The Morgan fingerprint density at radius 2 is 1.61 bits per heavy atom. The van der Waals surface area contributed by atoms with Crippen molar-refractivity contribution >= 4 is 0 Å². The molecule has 33 heavy (non-hydrogen) atoms. The Morgan fingerprint density at radius 3 is 2.18 bits per heavy atom. The normalized spacial score (nSPS) is 14.8. The molecule has 2 aromatic carbocycles. The number of hydrogen-bond donors (Lipinski definition) is 0. The van der Waals surface area contributed by atoms with Crippen LogP contribution in [0.2, 0.25) is 0 Å². The maximum absolute atomic E-state index is 4.82. The minimum atomic E-state index is 0.385. The van der Waals surface area contributed by atoms with Crippen LogP contribution in [-0.4, -0.2) is 23.0 Å². The molecule has 1 aromatic heterocycles. The summed E-state index contributed by atoms with van der Waals surface area (Å²) < 4.78 is 0. The summed E-state index contributed by atoms with van der Waals surface area (Å²) in [4.78, 5) is 7.42. The quantitative estimate of drug-likeness (QED) is 0.330. The molecule has 0 bridgehead atoms. The number of likely N-dealkylation sites (tertiary alicyclic amines) is 1. The Hall–Kier alpha value is -2.93. The second-order valence-electron chi connectivity index (χ2n) is 9.13. The molecular formula is C31H36N2. The second-order valence-corrected chi connectivity index (χ2v) is 9.13. The Morgan fingerprint density at radius 1 is 0.970 bits per heavy atom. The molecule has 1 aliphatic rings. The van der Waals surface area contributed by atoms with Gasteiger partial charge in [-0.05, 0) is 79.4 Å². The molecule has 0 aliphatic carbocycles. The van der Waals surface area contributed by atoms with Gasteiger partial charge in [0.1, 0.15) is 0 Å². The van der Waals surface area contributed by atoms with Crippen molar-refractivity contribution in [3.05, 3.63) is 119 Å². The third kappa shape index (κ3) is 6.11. The van der Waals surface area contributed by atoms with Crippen molar-refractivity contribution in [3.63, 3.8) is 0 Å². The van der Waals surface area contributed by atoms with Gasteiger partial charge in [0.05, 0.1) is 0 Å². The van der Waals surface area contributed by atoms with E-state index >= 15 is 0 Å². The van der Waals surface area contributed by atoms with Crippen molar-refractivity contribution in [1.29, 1.82) is 0 Å². The molecule has 1 saturated heterocycles. The van der Waals surface area contributed by atoms with Crippen LogP contribution in [0.4, 0.5) is 0 Å². The van der Waals surface area contributed by atoms with Crippen molar-refractivity contribution < 1.29 is 0 Å². The first kappa shape index (κ1) is 23.2. The summed E-state index contributed by atoms with van der Waals surface area (Å²) in [5.41, 5.74) is 9.98. The molecular weight excluding hydrogens is 400 g/mol. The van der Waals surface area contributed by atoms with Gasteiger partial charge in [0.2, 0.25) is 0 Å². The first-order valence-electron chi connectivity index (χ1n) is 12.4. The summed E-state index contributed by atoms with van der Waals surface area (Å²) in [6, 6.07) is 26.2. The molecule has 0 N–H and O–H groups in total. The average Bonchev–Trinajstić information content (AvgIpc) is 2.88. The van der Waals surface area contributed by atoms with Crippen LogP contribution in [0.3, 0.4) is 0 Å². The molecule has 0 atom stereocenters. The summed E-state index contributed by atoms with van der Waals surface area (Å²) in [5.74, 6) is 1.05. The van der Waals surface area contributed by atoms with Crippen molar-refractivity contribution in [2.75, 3.05) is 13.1 Å². The Bertz CT molecular complexity index is 1000. The lowest BCUT2D eigenvalue weighted by molar-refractivity contribution is 0.189. The van der Waals surface area contributed by atoms with Gasteiger partial charge in [-0.15, -0.1) is 5.73 Å². The van der Waals surface area contributed by atoms with Gasteiger partial charge in [0.25, 0.3) is 0 Å². The third-order valence-electron chi connectivity index (χ3n) is 7.14. The third-order valence-corrected chi connectivity index (χ3v) is 7.14. The highest BCUT2D eigenvalue weighted by Crippen LogP contribution is 2.30. The summed E-state index contributed by atoms with van der Waals surface area (Å²) in [6.07, 6.45) is 7.50. The maximum Gasteiger partial charge on any atom is 0.0448 e. The van der Waals surface area contributed by atoms with Gasteiger partial charge in [-0.2, -0.15) is 0 Å². The number of aryl methyl sites for hydroxylation is 1. The fourth-order valence-electron chi connectivity index (χ4n) is 5.26.